The Morgan fingerprint density at radius 1 is 1.40 bits per heavy atom. The molecule has 20 heavy (non-hydrogen) atoms. The topological polar surface area (TPSA) is 39.1 Å². The highest BCUT2D eigenvalue weighted by molar-refractivity contribution is 5.46. The molecule has 1 N–H and O–H groups in total. The van der Waals surface area contributed by atoms with Crippen LogP contribution in [-0.2, 0) is 0 Å². The first-order chi connectivity index (χ1) is 9.38. The zero-order valence-electron chi connectivity index (χ0n) is 12.8. The quantitative estimate of drug-likeness (QED) is 0.831. The van der Waals surface area contributed by atoms with E-state index in [1.54, 1.807) is 12.1 Å². The molecule has 0 fully saturated rings. The zero-order valence-corrected chi connectivity index (χ0v) is 12.8. The van der Waals surface area contributed by atoms with Crippen LogP contribution >= 0.6 is 0 Å². The molecule has 4 heteroatoms. The largest absolute Gasteiger partial charge is 0.372 e. The van der Waals surface area contributed by atoms with Crippen LogP contribution in [0.5, 0.6) is 0 Å². The van der Waals surface area contributed by atoms with E-state index in [0.717, 1.165) is 19.4 Å². The van der Waals surface area contributed by atoms with E-state index in [4.69, 9.17) is 0 Å². The van der Waals surface area contributed by atoms with Crippen LogP contribution < -0.4 is 10.2 Å². The molecule has 0 radical (unpaired) electrons. The molecule has 1 aromatic rings. The lowest BCUT2D eigenvalue weighted by atomic mass is 9.96. The Labute approximate surface area is 121 Å². The van der Waals surface area contributed by atoms with E-state index in [1.807, 2.05) is 38.8 Å². The van der Waals surface area contributed by atoms with Gasteiger partial charge in [0.25, 0.3) is 0 Å². The molecule has 1 rings (SSSR count). The fourth-order valence-corrected chi connectivity index (χ4v) is 2.35. The summed E-state index contributed by atoms with van der Waals surface area (Å²) in [5.41, 5.74) is 0.0764. The number of nitrogens with zero attached hydrogens (tertiary/aromatic N) is 2. The molecule has 0 amide bonds. The average Bonchev–Trinajstić information content (AvgIpc) is 2.38. The molecular weight excluding hydrogens is 253 g/mol. The summed E-state index contributed by atoms with van der Waals surface area (Å²) in [5.74, 6) is -0.210. The lowest BCUT2D eigenvalue weighted by molar-refractivity contribution is 0.374. The number of rotatable bonds is 7. The SMILES string of the molecule is CC(C)NC(C)(C#N)CCCN(C)c1ccccc1F. The van der Waals surface area contributed by atoms with Crippen molar-refractivity contribution in [2.45, 2.75) is 45.2 Å². The van der Waals surface area contributed by atoms with Crippen LogP contribution in [0.2, 0.25) is 0 Å². The molecule has 1 atom stereocenters. The van der Waals surface area contributed by atoms with Crippen LogP contribution in [0.3, 0.4) is 0 Å². The van der Waals surface area contributed by atoms with Gasteiger partial charge in [0.15, 0.2) is 0 Å². The van der Waals surface area contributed by atoms with Gasteiger partial charge in [-0.3, -0.25) is 5.32 Å². The minimum Gasteiger partial charge on any atom is -0.372 e. The van der Waals surface area contributed by atoms with Gasteiger partial charge in [-0.1, -0.05) is 12.1 Å². The Morgan fingerprint density at radius 3 is 2.60 bits per heavy atom. The molecule has 110 valence electrons. The van der Waals surface area contributed by atoms with Gasteiger partial charge >= 0.3 is 0 Å². The molecule has 1 unspecified atom stereocenters. The highest BCUT2D eigenvalue weighted by Gasteiger charge is 2.23. The van der Waals surface area contributed by atoms with Gasteiger partial charge < -0.3 is 4.90 Å². The van der Waals surface area contributed by atoms with Gasteiger partial charge in [0.05, 0.1) is 11.8 Å². The fraction of sp³-hybridized carbons (Fsp3) is 0.562. The first-order valence-electron chi connectivity index (χ1n) is 7.02. The molecule has 0 aliphatic carbocycles. The number of benzene rings is 1. The Hall–Kier alpha value is -1.60. The Balaban J connectivity index is 2.52. The van der Waals surface area contributed by atoms with Gasteiger partial charge in [-0.15, -0.1) is 0 Å². The molecule has 0 heterocycles. The van der Waals surface area contributed by atoms with Crippen molar-refractivity contribution >= 4 is 5.69 Å². The molecule has 0 aromatic heterocycles. The molecule has 0 saturated heterocycles. The van der Waals surface area contributed by atoms with Crippen LogP contribution in [0.25, 0.3) is 0 Å². The molecule has 1 aromatic carbocycles. The van der Waals surface area contributed by atoms with Crippen molar-refractivity contribution in [3.8, 4) is 6.07 Å². The van der Waals surface area contributed by atoms with Gasteiger partial charge in [0, 0.05) is 19.6 Å². The summed E-state index contributed by atoms with van der Waals surface area (Å²) < 4.78 is 13.6. The molecule has 3 nitrogen and oxygen atoms in total. The highest BCUT2D eigenvalue weighted by atomic mass is 19.1. The normalized spacial score (nSPS) is 13.8. The first-order valence-corrected chi connectivity index (χ1v) is 7.02. The van der Waals surface area contributed by atoms with Crippen LogP contribution in [0.4, 0.5) is 10.1 Å². The molecule has 0 aliphatic rings. The van der Waals surface area contributed by atoms with Crippen LogP contribution in [0.15, 0.2) is 24.3 Å². The number of hydrogen-bond donors (Lipinski definition) is 1. The highest BCUT2D eigenvalue weighted by Crippen LogP contribution is 2.19. The van der Waals surface area contributed by atoms with Crippen molar-refractivity contribution in [1.29, 1.82) is 5.26 Å². The van der Waals surface area contributed by atoms with Crippen molar-refractivity contribution in [2.24, 2.45) is 0 Å². The third-order valence-corrected chi connectivity index (χ3v) is 3.29. The zero-order chi connectivity index (χ0) is 15.2. The molecule has 0 spiro atoms. The predicted octanol–water partition coefficient (Wildman–Crippen LogP) is 3.32. The summed E-state index contributed by atoms with van der Waals surface area (Å²) in [6.45, 7) is 6.69. The minimum atomic E-state index is -0.524. The number of hydrogen-bond acceptors (Lipinski definition) is 3. The Kier molecular flexibility index (Phi) is 5.97. The number of anilines is 1. The summed E-state index contributed by atoms with van der Waals surface area (Å²) >= 11 is 0. The van der Waals surface area contributed by atoms with Gasteiger partial charge in [0.2, 0.25) is 0 Å². The van der Waals surface area contributed by atoms with Gasteiger partial charge in [0.1, 0.15) is 11.4 Å². The van der Waals surface area contributed by atoms with Gasteiger partial charge in [-0.25, -0.2) is 4.39 Å². The second-order valence-corrected chi connectivity index (χ2v) is 5.72. The third-order valence-electron chi connectivity index (χ3n) is 3.29. The maximum atomic E-state index is 13.6. The lowest BCUT2D eigenvalue weighted by Gasteiger charge is -2.27. The van der Waals surface area contributed by atoms with E-state index >= 15 is 0 Å². The summed E-state index contributed by atoms with van der Waals surface area (Å²) in [6.07, 6.45) is 1.56. The fourth-order valence-electron chi connectivity index (χ4n) is 2.35. The second-order valence-electron chi connectivity index (χ2n) is 5.72. The maximum Gasteiger partial charge on any atom is 0.146 e. The molecule has 0 saturated carbocycles. The number of nitriles is 1. The van der Waals surface area contributed by atoms with Gasteiger partial charge in [-0.2, -0.15) is 5.26 Å². The molecule has 0 aliphatic heterocycles. The van der Waals surface area contributed by atoms with Crippen LogP contribution in [0.1, 0.15) is 33.6 Å². The molecular formula is C16H24FN3. The number of halogens is 1. The predicted molar refractivity (Wildman–Crippen MR) is 81.2 cm³/mol. The Bertz CT molecular complexity index is 467. The molecule has 0 bridgehead atoms. The summed E-state index contributed by atoms with van der Waals surface area (Å²) in [4.78, 5) is 1.89. The van der Waals surface area contributed by atoms with Crippen molar-refractivity contribution in [2.75, 3.05) is 18.5 Å². The third kappa shape index (κ3) is 4.82. The monoisotopic (exact) mass is 277 g/mol. The van der Waals surface area contributed by atoms with Gasteiger partial charge in [-0.05, 0) is 45.7 Å². The lowest BCUT2D eigenvalue weighted by Crippen LogP contribution is -2.45. The van der Waals surface area contributed by atoms with Crippen molar-refractivity contribution in [3.05, 3.63) is 30.1 Å². The van der Waals surface area contributed by atoms with Crippen molar-refractivity contribution in [1.82, 2.24) is 5.32 Å². The van der Waals surface area contributed by atoms with E-state index in [9.17, 15) is 9.65 Å². The smallest absolute Gasteiger partial charge is 0.146 e. The average molecular weight is 277 g/mol. The summed E-state index contributed by atoms with van der Waals surface area (Å²) in [7, 11) is 1.87. The Morgan fingerprint density at radius 2 is 2.05 bits per heavy atom. The number of nitrogens with one attached hydrogen (secondary N) is 1. The van der Waals surface area contributed by atoms with E-state index < -0.39 is 5.54 Å². The first kappa shape index (κ1) is 16.5. The summed E-state index contributed by atoms with van der Waals surface area (Å²) in [6, 6.07) is 9.35. The number of para-hydroxylation sites is 1. The van der Waals surface area contributed by atoms with E-state index in [0.29, 0.717) is 5.69 Å². The van der Waals surface area contributed by atoms with Crippen molar-refractivity contribution in [3.63, 3.8) is 0 Å². The summed E-state index contributed by atoms with van der Waals surface area (Å²) in [5, 5.41) is 12.6. The minimum absolute atomic E-state index is 0.210. The van der Waals surface area contributed by atoms with E-state index in [2.05, 4.69) is 11.4 Å². The van der Waals surface area contributed by atoms with Crippen LogP contribution in [-0.4, -0.2) is 25.2 Å². The van der Waals surface area contributed by atoms with Crippen LogP contribution in [0, 0.1) is 17.1 Å². The van der Waals surface area contributed by atoms with E-state index in [1.165, 1.54) is 6.07 Å². The van der Waals surface area contributed by atoms with Crippen molar-refractivity contribution < 1.29 is 4.39 Å². The standard InChI is InChI=1S/C16H24FN3/c1-13(2)19-16(3,12-18)10-7-11-20(4)15-9-6-5-8-14(15)17/h5-6,8-9,13,19H,7,10-11H2,1-4H3. The van der Waals surface area contributed by atoms with E-state index in [-0.39, 0.29) is 11.9 Å². The maximum absolute atomic E-state index is 13.6. The second kappa shape index (κ2) is 7.25.